The van der Waals surface area contributed by atoms with E-state index in [1.807, 2.05) is 18.2 Å². The highest BCUT2D eigenvalue weighted by Crippen LogP contribution is 2.34. The predicted molar refractivity (Wildman–Crippen MR) is 128 cm³/mol. The first-order valence-electron chi connectivity index (χ1n) is 11.7. The van der Waals surface area contributed by atoms with Gasteiger partial charge in [-0.15, -0.1) is 10.2 Å². The number of benzene rings is 2. The molecular formula is C25H25N5O3S. The zero-order valence-electron chi connectivity index (χ0n) is 19.0. The van der Waals surface area contributed by atoms with E-state index in [1.165, 1.54) is 30.4 Å². The van der Waals surface area contributed by atoms with Crippen LogP contribution < -0.4 is 9.47 Å². The summed E-state index contributed by atoms with van der Waals surface area (Å²) >= 11 is 1.55. The molecule has 174 valence electrons. The van der Waals surface area contributed by atoms with Crippen molar-refractivity contribution in [3.05, 3.63) is 53.4 Å². The average Bonchev–Trinajstić information content (AvgIpc) is 3.54. The molecule has 0 fully saturated rings. The summed E-state index contributed by atoms with van der Waals surface area (Å²) in [5.41, 5.74) is 4.87. The van der Waals surface area contributed by atoms with Crippen LogP contribution in [0.2, 0.25) is 0 Å². The Kier molecular flexibility index (Phi) is 5.70. The van der Waals surface area contributed by atoms with E-state index < -0.39 is 0 Å². The van der Waals surface area contributed by atoms with Crippen molar-refractivity contribution < 1.29 is 14.0 Å². The highest BCUT2D eigenvalue weighted by Gasteiger charge is 2.19. The van der Waals surface area contributed by atoms with Crippen LogP contribution in [0, 0.1) is 0 Å². The number of aromatic nitrogens is 5. The molecule has 0 saturated heterocycles. The number of ether oxygens (including phenoxy) is 2. The van der Waals surface area contributed by atoms with Gasteiger partial charge in [-0.05, 0) is 68.0 Å². The first-order chi connectivity index (χ1) is 16.8. The van der Waals surface area contributed by atoms with Crippen LogP contribution in [0.1, 0.15) is 36.8 Å². The molecule has 0 unspecified atom stereocenters. The van der Waals surface area contributed by atoms with Gasteiger partial charge in [0.05, 0.1) is 5.75 Å². The van der Waals surface area contributed by atoms with Gasteiger partial charge in [0.15, 0.2) is 22.5 Å². The molecule has 0 saturated carbocycles. The van der Waals surface area contributed by atoms with Crippen LogP contribution in [0.5, 0.6) is 11.5 Å². The molecule has 1 aliphatic heterocycles. The molecule has 2 aromatic carbocycles. The Morgan fingerprint density at radius 2 is 1.74 bits per heavy atom. The number of hydrogen-bond acceptors (Lipinski definition) is 8. The SMILES string of the molecule is CCn1c(SCc2nc(-c3ccc4c(c3)OCCO4)no2)nnc1-c1ccc2c(c1)CCCC2. The largest absolute Gasteiger partial charge is 0.486 e. The summed E-state index contributed by atoms with van der Waals surface area (Å²) in [6.45, 7) is 4.00. The molecule has 0 atom stereocenters. The number of nitrogens with zero attached hydrogens (tertiary/aromatic N) is 5. The fourth-order valence-electron chi connectivity index (χ4n) is 4.51. The van der Waals surface area contributed by atoms with Gasteiger partial charge in [0.1, 0.15) is 13.2 Å². The lowest BCUT2D eigenvalue weighted by molar-refractivity contribution is 0.171. The number of rotatable bonds is 6. The molecule has 0 N–H and O–H groups in total. The van der Waals surface area contributed by atoms with E-state index in [-0.39, 0.29) is 0 Å². The normalized spacial score (nSPS) is 14.7. The highest BCUT2D eigenvalue weighted by atomic mass is 32.2. The molecule has 0 spiro atoms. The van der Waals surface area contributed by atoms with Gasteiger partial charge in [-0.1, -0.05) is 29.1 Å². The van der Waals surface area contributed by atoms with E-state index >= 15 is 0 Å². The zero-order chi connectivity index (χ0) is 22.9. The summed E-state index contributed by atoms with van der Waals surface area (Å²) < 4.78 is 18.9. The van der Waals surface area contributed by atoms with Gasteiger partial charge in [-0.3, -0.25) is 0 Å². The quantitative estimate of drug-likeness (QED) is 0.362. The smallest absolute Gasteiger partial charge is 0.237 e. The molecule has 2 aliphatic rings. The second kappa shape index (κ2) is 9.13. The summed E-state index contributed by atoms with van der Waals surface area (Å²) in [6, 6.07) is 12.4. The Labute approximate surface area is 201 Å². The van der Waals surface area contributed by atoms with Crippen molar-refractivity contribution in [3.8, 4) is 34.3 Å². The highest BCUT2D eigenvalue weighted by molar-refractivity contribution is 7.98. The maximum Gasteiger partial charge on any atom is 0.237 e. The molecule has 6 rings (SSSR count). The molecule has 0 amide bonds. The summed E-state index contributed by atoms with van der Waals surface area (Å²) in [4.78, 5) is 4.56. The maximum atomic E-state index is 5.66. The molecule has 4 aromatic rings. The van der Waals surface area contributed by atoms with Crippen LogP contribution in [0.25, 0.3) is 22.8 Å². The van der Waals surface area contributed by atoms with Crippen molar-refractivity contribution in [2.75, 3.05) is 13.2 Å². The number of thioether (sulfide) groups is 1. The summed E-state index contributed by atoms with van der Waals surface area (Å²) in [5, 5.41) is 14.0. The van der Waals surface area contributed by atoms with E-state index in [0.29, 0.717) is 36.4 Å². The van der Waals surface area contributed by atoms with E-state index in [2.05, 4.69) is 50.0 Å². The van der Waals surface area contributed by atoms with E-state index in [9.17, 15) is 0 Å². The number of hydrogen-bond donors (Lipinski definition) is 0. The van der Waals surface area contributed by atoms with Crippen molar-refractivity contribution in [3.63, 3.8) is 0 Å². The Morgan fingerprint density at radius 3 is 2.62 bits per heavy atom. The summed E-state index contributed by atoms with van der Waals surface area (Å²) in [5.74, 6) is 3.93. The number of fused-ring (bicyclic) bond motifs is 2. The third-order valence-electron chi connectivity index (χ3n) is 6.23. The Balaban J connectivity index is 1.18. The van der Waals surface area contributed by atoms with E-state index in [4.69, 9.17) is 14.0 Å². The van der Waals surface area contributed by atoms with Gasteiger partial charge in [-0.2, -0.15) is 4.98 Å². The van der Waals surface area contributed by atoms with Crippen LogP contribution in [-0.2, 0) is 25.1 Å². The lowest BCUT2D eigenvalue weighted by Crippen LogP contribution is -2.15. The summed E-state index contributed by atoms with van der Waals surface area (Å²) in [7, 11) is 0. The van der Waals surface area contributed by atoms with Crippen LogP contribution >= 0.6 is 11.8 Å². The van der Waals surface area contributed by atoms with E-state index in [0.717, 1.165) is 40.8 Å². The van der Waals surface area contributed by atoms with Crippen LogP contribution in [0.4, 0.5) is 0 Å². The molecule has 0 bridgehead atoms. The zero-order valence-corrected chi connectivity index (χ0v) is 19.8. The van der Waals surface area contributed by atoms with Crippen molar-refractivity contribution in [1.82, 2.24) is 24.9 Å². The molecule has 1 aliphatic carbocycles. The van der Waals surface area contributed by atoms with E-state index in [1.54, 1.807) is 11.8 Å². The fraction of sp³-hybridized carbons (Fsp3) is 0.360. The minimum absolute atomic E-state index is 0.514. The molecule has 0 radical (unpaired) electrons. The fourth-order valence-corrected chi connectivity index (χ4v) is 5.35. The van der Waals surface area contributed by atoms with Gasteiger partial charge < -0.3 is 18.6 Å². The van der Waals surface area contributed by atoms with Gasteiger partial charge in [0.25, 0.3) is 0 Å². The van der Waals surface area contributed by atoms with Crippen molar-refractivity contribution in [2.45, 2.75) is 50.1 Å². The summed E-state index contributed by atoms with van der Waals surface area (Å²) in [6.07, 6.45) is 4.87. The lowest BCUT2D eigenvalue weighted by Gasteiger charge is -2.18. The Bertz CT molecular complexity index is 1330. The van der Waals surface area contributed by atoms with Crippen molar-refractivity contribution in [1.29, 1.82) is 0 Å². The third-order valence-corrected chi connectivity index (χ3v) is 7.18. The third kappa shape index (κ3) is 4.04. The van der Waals surface area contributed by atoms with Gasteiger partial charge in [0.2, 0.25) is 11.7 Å². The minimum atomic E-state index is 0.514. The molecule has 8 nitrogen and oxygen atoms in total. The van der Waals surface area contributed by atoms with Crippen LogP contribution in [0.15, 0.2) is 46.1 Å². The Morgan fingerprint density at radius 1 is 0.912 bits per heavy atom. The van der Waals surface area contributed by atoms with Gasteiger partial charge in [0, 0.05) is 17.7 Å². The molecule has 3 heterocycles. The second-order valence-electron chi connectivity index (χ2n) is 8.40. The molecule has 34 heavy (non-hydrogen) atoms. The first kappa shape index (κ1) is 21.2. The van der Waals surface area contributed by atoms with Crippen LogP contribution in [0.3, 0.4) is 0 Å². The standard InChI is InChI=1S/C25H25N5O3S/c1-2-30-24(19-8-7-16-5-3-4-6-17(16)13-19)27-28-25(30)34-15-22-26-23(29-33-22)18-9-10-20-21(14-18)32-12-11-31-20/h7-10,13-14H,2-6,11-12,15H2,1H3. The molecular weight excluding hydrogens is 450 g/mol. The van der Waals surface area contributed by atoms with Crippen molar-refractivity contribution in [2.24, 2.45) is 0 Å². The number of aryl methyl sites for hydroxylation is 2. The molecule has 2 aromatic heterocycles. The lowest BCUT2D eigenvalue weighted by atomic mass is 9.90. The maximum absolute atomic E-state index is 5.66. The first-order valence-corrected chi connectivity index (χ1v) is 12.7. The Hall–Kier alpha value is -3.33. The second-order valence-corrected chi connectivity index (χ2v) is 9.34. The predicted octanol–water partition coefficient (Wildman–Crippen LogP) is 4.96. The average molecular weight is 476 g/mol. The topological polar surface area (TPSA) is 88.1 Å². The monoisotopic (exact) mass is 475 g/mol. The minimum Gasteiger partial charge on any atom is -0.486 e. The van der Waals surface area contributed by atoms with Gasteiger partial charge >= 0.3 is 0 Å². The van der Waals surface area contributed by atoms with Crippen LogP contribution in [-0.4, -0.2) is 38.1 Å². The molecule has 9 heteroatoms. The van der Waals surface area contributed by atoms with Crippen molar-refractivity contribution >= 4 is 11.8 Å². The van der Waals surface area contributed by atoms with Gasteiger partial charge in [-0.25, -0.2) is 0 Å².